The van der Waals surface area contributed by atoms with Crippen LogP contribution in [-0.4, -0.2) is 0 Å². The molecule has 0 aliphatic carbocycles. The van der Waals surface area contributed by atoms with E-state index < -0.39 is 0 Å². The fourth-order valence-corrected chi connectivity index (χ4v) is 0. The molecule has 17 valence electrons. The zero-order valence-corrected chi connectivity index (χ0v) is 10.3. The van der Waals surface area contributed by atoms with E-state index in [1.807, 2.05) is 0 Å². The molecule has 0 saturated carbocycles. The Morgan fingerprint density at radius 1 is 1.25 bits per heavy atom. The molecule has 1 radical (unpaired) electrons. The molecule has 0 aromatic rings. The summed E-state index contributed by atoms with van der Waals surface area (Å²) in [7, 11) is 0. The van der Waals surface area contributed by atoms with E-state index in [9.17, 15) is 0 Å². The van der Waals surface area contributed by atoms with Gasteiger partial charge in [0, 0.05) is 77.3 Å². The summed E-state index contributed by atoms with van der Waals surface area (Å²) in [6.07, 6.45) is 0. The summed E-state index contributed by atoms with van der Waals surface area (Å²) >= 11 is 0.750. The maximum absolute atomic E-state index is 8.25. The van der Waals surface area contributed by atoms with Gasteiger partial charge in [-0.3, -0.25) is 0 Å². The molecule has 0 spiro atoms. The molecule has 4 heteroatoms. The quantitative estimate of drug-likeness (QED) is 0.561. The Bertz CT molecular complexity index is 8.00. The van der Waals surface area contributed by atoms with Gasteiger partial charge in [-0.1, -0.05) is 0 Å². The summed E-state index contributed by atoms with van der Waals surface area (Å²) in [6.45, 7) is 0. The Hall–Kier alpha value is 3.09. The van der Waals surface area contributed by atoms with Crippen molar-refractivity contribution in [2.75, 3.05) is 0 Å². The van der Waals surface area contributed by atoms with Crippen molar-refractivity contribution in [1.29, 1.82) is 0 Å². The van der Waals surface area contributed by atoms with Crippen LogP contribution in [0.2, 0.25) is 0 Å². The second kappa shape index (κ2) is 16.5. The van der Waals surface area contributed by atoms with Gasteiger partial charge in [0.1, 0.15) is 0 Å². The van der Waals surface area contributed by atoms with Crippen molar-refractivity contribution in [3.63, 3.8) is 0 Å². The zero-order chi connectivity index (χ0) is 2.00. The van der Waals surface area contributed by atoms with Gasteiger partial charge in [0.15, 0.2) is 0 Å². The molecule has 0 atom stereocenters. The van der Waals surface area contributed by atoms with Gasteiger partial charge in [-0.2, -0.15) is 0 Å². The van der Waals surface area contributed by atoms with Crippen molar-refractivity contribution >= 4 is 0 Å². The first-order valence-electron chi connectivity index (χ1n) is 0.204. The fourth-order valence-electron chi connectivity index (χ4n) is 0. The van der Waals surface area contributed by atoms with E-state index in [-0.39, 0.29) is 77.3 Å². The number of rotatable bonds is 0. The topological polar surface area (TPSA) is 17.1 Å². The van der Waals surface area contributed by atoms with E-state index in [1.54, 1.807) is 0 Å². The molecule has 0 N–H and O–H groups in total. The molecule has 0 fully saturated rings. The van der Waals surface area contributed by atoms with Crippen LogP contribution in [0.15, 0.2) is 0 Å². The monoisotopic (exact) mass is 343 g/mol. The van der Waals surface area contributed by atoms with Gasteiger partial charge in [0.25, 0.3) is 0 Å². The van der Waals surface area contributed by atoms with Crippen molar-refractivity contribution in [1.82, 2.24) is 0 Å². The average Bonchev–Trinajstić information content (AvgIpc) is 1.00. The van der Waals surface area contributed by atoms with Gasteiger partial charge in [-0.05, 0) is 0 Å². The average molecular weight is 343 g/mol. The van der Waals surface area contributed by atoms with Crippen LogP contribution in [-0.2, 0) is 23.7 Å². The minimum absolute atomic E-state index is 0. The van der Waals surface area contributed by atoms with Gasteiger partial charge < -0.3 is 0 Å². The predicted octanol–water partition coefficient (Wildman–Crippen LogP) is -0.121. The Kier molecular flexibility index (Phi) is 65.0. The maximum atomic E-state index is 8.25. The fraction of sp³-hybridized carbons (Fsp3) is 0. The summed E-state index contributed by atoms with van der Waals surface area (Å²) in [5.74, 6) is 0. The molecular formula is CeLaOTi. The normalized spacial score (nSPS) is 0.750. The third-order valence-corrected chi connectivity index (χ3v) is 0. The first-order chi connectivity index (χ1) is 1.00. The first-order valence-corrected chi connectivity index (χ1v) is 0.842. The number of hydrogen-bond donors (Lipinski definition) is 0. The molecule has 0 bridgehead atoms. The van der Waals surface area contributed by atoms with Crippen LogP contribution in [0.3, 0.4) is 0 Å². The predicted molar refractivity (Wildman–Crippen MR) is 0.686 cm³/mol. The van der Waals surface area contributed by atoms with E-state index in [2.05, 4.69) is 0 Å². The Balaban J connectivity index is -0.00000000500. The van der Waals surface area contributed by atoms with Crippen molar-refractivity contribution < 1.29 is 101 Å². The van der Waals surface area contributed by atoms with Gasteiger partial charge in [0.2, 0.25) is 0 Å². The summed E-state index contributed by atoms with van der Waals surface area (Å²) in [4.78, 5) is 0. The first kappa shape index (κ1) is 15.7. The molecule has 0 aromatic heterocycles. The molecule has 0 aliphatic rings. The molecule has 4 heavy (non-hydrogen) atoms. The minimum atomic E-state index is 0. The van der Waals surface area contributed by atoms with Gasteiger partial charge in [-0.15, -0.1) is 0 Å². The molecule has 1 nitrogen and oxygen atoms in total. The summed E-state index contributed by atoms with van der Waals surface area (Å²) in [6, 6.07) is 0. The van der Waals surface area contributed by atoms with Crippen molar-refractivity contribution in [3.05, 3.63) is 0 Å². The molecule has 0 amide bonds. The third-order valence-electron chi connectivity index (χ3n) is 0. The molecule has 0 heterocycles. The van der Waals surface area contributed by atoms with Crippen LogP contribution in [0.1, 0.15) is 0 Å². The van der Waals surface area contributed by atoms with Gasteiger partial charge >= 0.3 is 23.7 Å². The van der Waals surface area contributed by atoms with Crippen molar-refractivity contribution in [2.45, 2.75) is 0 Å². The van der Waals surface area contributed by atoms with Crippen LogP contribution in [0.4, 0.5) is 0 Å². The van der Waals surface area contributed by atoms with Crippen LogP contribution in [0.5, 0.6) is 0 Å². The molecule has 0 unspecified atom stereocenters. The molecule has 0 aliphatic heterocycles. The number of hydrogen-bond acceptors (Lipinski definition) is 1. The van der Waals surface area contributed by atoms with Crippen LogP contribution in [0, 0.1) is 77.3 Å². The van der Waals surface area contributed by atoms with E-state index in [0.717, 1.165) is 20.4 Å². The van der Waals surface area contributed by atoms with E-state index in [1.165, 1.54) is 0 Å². The van der Waals surface area contributed by atoms with Gasteiger partial charge in [0.05, 0.1) is 0 Å². The van der Waals surface area contributed by atoms with Crippen molar-refractivity contribution in [3.8, 4) is 0 Å². The van der Waals surface area contributed by atoms with Gasteiger partial charge in [-0.25, -0.2) is 0 Å². The van der Waals surface area contributed by atoms with Crippen molar-refractivity contribution in [2.24, 2.45) is 0 Å². The second-order valence-corrected chi connectivity index (χ2v) is 0. The Labute approximate surface area is 98.4 Å². The summed E-state index contributed by atoms with van der Waals surface area (Å²) in [5.41, 5.74) is 0. The summed E-state index contributed by atoms with van der Waals surface area (Å²) < 4.78 is 8.25. The Morgan fingerprint density at radius 2 is 1.25 bits per heavy atom. The van der Waals surface area contributed by atoms with Crippen LogP contribution in [0.25, 0.3) is 0 Å². The molecule has 0 saturated heterocycles. The molecular weight excluding hydrogens is 343 g/mol. The van der Waals surface area contributed by atoms with Crippen LogP contribution >= 0.6 is 0 Å². The molecule has 0 rings (SSSR count). The SMILES string of the molecule is [Ce].[La].[O]=[Ti]. The molecule has 0 aromatic carbocycles. The Morgan fingerprint density at radius 3 is 1.25 bits per heavy atom. The van der Waals surface area contributed by atoms with E-state index in [4.69, 9.17) is 3.32 Å². The third kappa shape index (κ3) is 8.92. The standard InChI is InChI=1S/Ce.La.O.Ti. The second-order valence-electron chi connectivity index (χ2n) is 0. The van der Waals surface area contributed by atoms with E-state index >= 15 is 0 Å². The summed E-state index contributed by atoms with van der Waals surface area (Å²) in [5, 5.41) is 0. The van der Waals surface area contributed by atoms with Crippen LogP contribution < -0.4 is 0 Å². The van der Waals surface area contributed by atoms with E-state index in [0.29, 0.717) is 0 Å². The zero-order valence-electron chi connectivity index (χ0n) is 1.99.